The topological polar surface area (TPSA) is 18.5 Å². The predicted octanol–water partition coefficient (Wildman–Crippen LogP) is 12.6. The van der Waals surface area contributed by atoms with E-state index >= 15 is 0 Å². The summed E-state index contributed by atoms with van der Waals surface area (Å²) in [6, 6.07) is 10.4. The van der Waals surface area contributed by atoms with Crippen molar-refractivity contribution in [2.24, 2.45) is 0 Å². The molecule has 0 unspecified atom stereocenters. The van der Waals surface area contributed by atoms with Gasteiger partial charge in [-0.05, 0) is 91.0 Å². The molecule has 1 saturated heterocycles. The Morgan fingerprint density at radius 2 is 0.755 bits per heavy atom. The number of aryl methyl sites for hydroxylation is 3. The maximum atomic E-state index is 9.09. The zero-order valence-corrected chi connectivity index (χ0v) is 47.1. The van der Waals surface area contributed by atoms with Crippen molar-refractivity contribution in [3.05, 3.63) is 57.6 Å². The van der Waals surface area contributed by atoms with E-state index in [0.717, 1.165) is 0 Å². The zero-order valence-electron chi connectivity index (χ0n) is 39.3. The smallest absolute Gasteiger partial charge is 0.405 e. The van der Waals surface area contributed by atoms with E-state index < -0.39 is 73.6 Å². The Bertz CT molecular complexity index is 1530. The summed E-state index contributed by atoms with van der Waals surface area (Å²) < 4.78 is 14.7. The van der Waals surface area contributed by atoms with E-state index in [-0.39, 0.29) is 0 Å². The molecule has 0 aliphatic carbocycles. The molecule has 1 fully saturated rings. The molecule has 0 N–H and O–H groups in total. The van der Waals surface area contributed by atoms with Crippen molar-refractivity contribution in [1.82, 2.24) is 0 Å². The van der Waals surface area contributed by atoms with Gasteiger partial charge in [-0.15, -0.1) is 0 Å². The van der Waals surface area contributed by atoms with Crippen LogP contribution in [-0.2, 0) is 9.31 Å². The maximum absolute atomic E-state index is 9.09. The first-order valence-electron chi connectivity index (χ1n) is 20.5. The molecule has 1 atom stereocenters. The van der Waals surface area contributed by atoms with Crippen molar-refractivity contribution < 1.29 is 9.31 Å². The van der Waals surface area contributed by atoms with Crippen LogP contribution >= 0.6 is 11.1 Å². The lowest BCUT2D eigenvalue weighted by atomic mass is 9.90. The molecule has 0 spiro atoms. The minimum atomic E-state index is -3.40. The fourth-order valence-electron chi connectivity index (χ4n) is 11.6. The van der Waals surface area contributed by atoms with Crippen molar-refractivity contribution in [3.8, 4) is 0 Å². The van der Waals surface area contributed by atoms with Crippen molar-refractivity contribution in [2.45, 2.75) is 193 Å². The molecule has 2 aromatic rings. The summed E-state index contributed by atoms with van der Waals surface area (Å²) in [5, 5.41) is 4.50. The average Bonchev–Trinajstić information content (AvgIpc) is 3.04. The van der Waals surface area contributed by atoms with Gasteiger partial charge in [-0.2, -0.15) is 11.1 Å². The summed E-state index contributed by atoms with van der Waals surface area (Å²) in [6.45, 7) is 62.7. The summed E-state index contributed by atoms with van der Waals surface area (Å²) in [5.74, 6) is 0. The van der Waals surface area contributed by atoms with Crippen LogP contribution < -0.4 is 10.4 Å². The molecule has 1 aliphatic rings. The molecule has 0 saturated carbocycles. The molecule has 0 amide bonds. The Kier molecular flexibility index (Phi) is 13.3. The molecule has 0 aromatic heterocycles. The monoisotopic (exact) mass is 860 g/mol. The SMILES string of the molecule is Cc1cc(C)c([Si@@](Cl)(B2OC(C)(C)C(C)(C)O2)c2c(C([Si](C)(C)C)[Si](C)(C)C)cc(C([Si](C)(C)C)[Si](C)(C)C)cc2C([Si](C)(C)C)[Si](C)(C)C)c(C)c1. The second-order valence-corrected chi connectivity index (χ2v) is 62.9. The van der Waals surface area contributed by atoms with Crippen LogP contribution in [0.2, 0.25) is 118 Å². The predicted molar refractivity (Wildman–Crippen MR) is 262 cm³/mol. The second kappa shape index (κ2) is 14.8. The maximum Gasteiger partial charge on any atom is 0.464 e. The Morgan fingerprint density at radius 3 is 1.02 bits per heavy atom. The first-order chi connectivity index (χ1) is 23.2. The van der Waals surface area contributed by atoms with Gasteiger partial charge < -0.3 is 9.31 Å². The lowest BCUT2D eigenvalue weighted by Crippen LogP contribution is -2.71. The van der Waals surface area contributed by atoms with Gasteiger partial charge in [0.1, 0.15) is 0 Å². The standard InChI is InChI=1S/C42H82BClO2Si7/c1-30-26-31(2)36(32(3)27-30)53(44,43-45-41(4,5)42(6,7)46-43)37-34(39(49(14,15)16)50(17,18)19)28-33(38(47(8,9)10)48(11,12)13)29-35(37)40(51(20,21)22)52(23,24)25/h26-29,38-40H,1-25H3/t53-/m0/s1. The third-order valence-electron chi connectivity index (χ3n) is 12.4. The van der Waals surface area contributed by atoms with Crippen LogP contribution in [0.25, 0.3) is 0 Å². The number of hydrogen-bond acceptors (Lipinski definition) is 2. The highest BCUT2D eigenvalue weighted by atomic mass is 35.6. The van der Waals surface area contributed by atoms with Gasteiger partial charge in [-0.1, -0.05) is 159 Å². The van der Waals surface area contributed by atoms with Gasteiger partial charge >= 0.3 is 6.71 Å². The van der Waals surface area contributed by atoms with E-state index in [0.29, 0.717) is 15.5 Å². The highest BCUT2D eigenvalue weighted by molar-refractivity contribution is 7.61. The normalized spacial score (nSPS) is 18.8. The van der Waals surface area contributed by atoms with Gasteiger partial charge in [-0.3, -0.25) is 0 Å². The molecule has 1 aliphatic heterocycles. The van der Waals surface area contributed by atoms with Gasteiger partial charge in [0.25, 0.3) is 7.25 Å². The molecule has 11 heteroatoms. The van der Waals surface area contributed by atoms with Gasteiger partial charge in [0, 0.05) is 48.4 Å². The van der Waals surface area contributed by atoms with E-state index in [4.69, 9.17) is 20.4 Å². The van der Waals surface area contributed by atoms with Crippen LogP contribution in [0.4, 0.5) is 0 Å². The number of benzene rings is 2. The van der Waals surface area contributed by atoms with Crippen molar-refractivity contribution >= 4 is 83.9 Å². The molecule has 2 nitrogen and oxygen atoms in total. The van der Waals surface area contributed by atoms with Crippen molar-refractivity contribution in [1.29, 1.82) is 0 Å². The molecule has 0 bridgehead atoms. The summed E-state index contributed by atoms with van der Waals surface area (Å²) in [6.07, 6.45) is 0. The lowest BCUT2D eigenvalue weighted by molar-refractivity contribution is 0.00578. The van der Waals surface area contributed by atoms with E-state index in [2.05, 4.69) is 191 Å². The fraction of sp³-hybridized carbons (Fsp3) is 0.714. The second-order valence-electron chi connectivity index (χ2n) is 24.6. The first-order valence-corrected chi connectivity index (χ1v) is 45.1. The number of rotatable bonds is 12. The summed E-state index contributed by atoms with van der Waals surface area (Å²) >= 11 is 9.09. The minimum Gasteiger partial charge on any atom is -0.405 e. The number of halogens is 1. The zero-order chi connectivity index (χ0) is 41.7. The minimum absolute atomic E-state index is 0.494. The molecule has 1 heterocycles. The third kappa shape index (κ3) is 9.59. The Labute approximate surface area is 341 Å². The largest absolute Gasteiger partial charge is 0.464 e. The number of hydrogen-bond donors (Lipinski definition) is 0. The third-order valence-corrected chi connectivity index (χ3v) is 45.6. The molecule has 2 aromatic carbocycles. The molecular weight excluding hydrogens is 779 g/mol. The van der Waals surface area contributed by atoms with E-state index in [1.54, 1.807) is 16.7 Å². The van der Waals surface area contributed by atoms with Crippen LogP contribution in [0.3, 0.4) is 0 Å². The summed E-state index contributed by atoms with van der Waals surface area (Å²) in [5.41, 5.74) is 7.73. The average molecular weight is 862 g/mol. The van der Waals surface area contributed by atoms with Gasteiger partial charge in [0.2, 0.25) is 0 Å². The molecule has 53 heavy (non-hydrogen) atoms. The van der Waals surface area contributed by atoms with E-state index in [1.807, 2.05) is 0 Å². The Balaban J connectivity index is 2.96. The van der Waals surface area contributed by atoms with Crippen LogP contribution in [0.5, 0.6) is 0 Å². The van der Waals surface area contributed by atoms with Gasteiger partial charge in [-0.25, -0.2) is 0 Å². The Morgan fingerprint density at radius 1 is 0.472 bits per heavy atom. The lowest BCUT2D eigenvalue weighted by Gasteiger charge is -2.48. The highest BCUT2D eigenvalue weighted by Crippen LogP contribution is 2.47. The van der Waals surface area contributed by atoms with Gasteiger partial charge in [0.05, 0.1) is 11.2 Å². The van der Waals surface area contributed by atoms with E-state index in [1.165, 1.54) is 27.1 Å². The summed E-state index contributed by atoms with van der Waals surface area (Å²) in [4.78, 5) is 0. The first kappa shape index (κ1) is 47.6. The summed E-state index contributed by atoms with van der Waals surface area (Å²) in [7, 11) is -13.9. The van der Waals surface area contributed by atoms with Crippen LogP contribution in [0.15, 0.2) is 24.3 Å². The van der Waals surface area contributed by atoms with E-state index in [9.17, 15) is 0 Å². The Hall–Kier alpha value is 0.233. The van der Waals surface area contributed by atoms with Crippen molar-refractivity contribution in [2.75, 3.05) is 0 Å². The quantitative estimate of drug-likeness (QED) is 0.156. The van der Waals surface area contributed by atoms with Crippen LogP contribution in [0, 0.1) is 20.8 Å². The molecule has 3 rings (SSSR count). The highest BCUT2D eigenvalue weighted by Gasteiger charge is 2.65. The fourth-order valence-corrected chi connectivity index (χ4v) is 56.4. The molecule has 300 valence electrons. The van der Waals surface area contributed by atoms with Gasteiger partial charge in [0.15, 0.2) is 0 Å². The van der Waals surface area contributed by atoms with Crippen molar-refractivity contribution in [3.63, 3.8) is 0 Å². The molecular formula is C42H82BClO2Si7. The molecule has 0 radical (unpaired) electrons. The van der Waals surface area contributed by atoms with Crippen LogP contribution in [-0.4, -0.2) is 73.6 Å². The van der Waals surface area contributed by atoms with Crippen LogP contribution in [0.1, 0.15) is 76.6 Å².